The summed E-state index contributed by atoms with van der Waals surface area (Å²) < 4.78 is 43.5. The Morgan fingerprint density at radius 1 is 1.38 bits per heavy atom. The molecule has 1 spiro atoms. The van der Waals surface area contributed by atoms with Crippen molar-refractivity contribution in [3.63, 3.8) is 0 Å². The maximum atomic E-state index is 12.0. The number of hydrogen-bond donors (Lipinski definition) is 1. The minimum absolute atomic E-state index is 0.163. The van der Waals surface area contributed by atoms with Gasteiger partial charge in [-0.1, -0.05) is 6.07 Å². The van der Waals surface area contributed by atoms with E-state index in [0.717, 1.165) is 13.0 Å². The molecule has 2 aliphatic rings. The van der Waals surface area contributed by atoms with Gasteiger partial charge in [0.2, 0.25) is 11.8 Å². The third kappa shape index (κ3) is 6.29. The normalized spacial score (nSPS) is 20.1. The Labute approximate surface area is 166 Å². The molecule has 29 heavy (non-hydrogen) atoms. The van der Waals surface area contributed by atoms with Crippen LogP contribution in [0.2, 0.25) is 0 Å². The summed E-state index contributed by atoms with van der Waals surface area (Å²) in [5.74, 6) is -1.63. The Morgan fingerprint density at radius 3 is 2.55 bits per heavy atom. The molecule has 1 aromatic rings. The number of ether oxygens (including phenoxy) is 2. The highest BCUT2D eigenvalue weighted by Gasteiger charge is 2.54. The third-order valence-electron chi connectivity index (χ3n) is 4.63. The van der Waals surface area contributed by atoms with Gasteiger partial charge in [-0.25, -0.2) is 9.78 Å². The molecule has 2 fully saturated rings. The van der Waals surface area contributed by atoms with E-state index in [1.54, 1.807) is 6.20 Å². The summed E-state index contributed by atoms with van der Waals surface area (Å²) in [6.45, 7) is 3.13. The molecule has 1 amide bonds. The first kappa shape index (κ1) is 22.9. The molecule has 0 aromatic carbocycles. The van der Waals surface area contributed by atoms with Crippen LogP contribution in [0.15, 0.2) is 24.4 Å². The largest absolute Gasteiger partial charge is 0.490 e. The predicted molar refractivity (Wildman–Crippen MR) is 95.3 cm³/mol. The maximum absolute atomic E-state index is 12.0. The minimum atomic E-state index is -5.08. The predicted octanol–water partition coefficient (Wildman–Crippen LogP) is 1.27. The summed E-state index contributed by atoms with van der Waals surface area (Å²) in [6.07, 6.45) is -2.39. The van der Waals surface area contributed by atoms with Gasteiger partial charge in [-0.05, 0) is 26.6 Å². The van der Waals surface area contributed by atoms with Gasteiger partial charge in [0.1, 0.15) is 5.60 Å². The number of amides is 1. The van der Waals surface area contributed by atoms with Crippen molar-refractivity contribution < 1.29 is 37.3 Å². The van der Waals surface area contributed by atoms with Gasteiger partial charge in [0, 0.05) is 24.8 Å². The fourth-order valence-electron chi connectivity index (χ4n) is 3.14. The molecule has 8 nitrogen and oxygen atoms in total. The van der Waals surface area contributed by atoms with E-state index < -0.39 is 12.1 Å². The topological polar surface area (TPSA) is 92.2 Å². The van der Waals surface area contributed by atoms with E-state index in [9.17, 15) is 18.0 Å². The minimum Gasteiger partial charge on any atom is -0.477 e. The number of aromatic nitrogens is 1. The summed E-state index contributed by atoms with van der Waals surface area (Å²) in [5.41, 5.74) is -0.212. The monoisotopic (exact) mass is 419 g/mol. The fraction of sp³-hybridized carbons (Fsp3) is 0.611. The van der Waals surface area contributed by atoms with Crippen LogP contribution in [-0.2, 0) is 14.3 Å². The van der Waals surface area contributed by atoms with Gasteiger partial charge >= 0.3 is 12.1 Å². The number of likely N-dealkylation sites (tertiary alicyclic amines) is 1. The van der Waals surface area contributed by atoms with Crippen molar-refractivity contribution in [2.45, 2.75) is 18.2 Å². The number of hydrogen-bond acceptors (Lipinski definition) is 6. The van der Waals surface area contributed by atoms with Gasteiger partial charge in [-0.15, -0.1) is 0 Å². The van der Waals surface area contributed by atoms with E-state index in [1.807, 2.05) is 42.1 Å². The van der Waals surface area contributed by atoms with Crippen LogP contribution in [0.5, 0.6) is 5.88 Å². The van der Waals surface area contributed by atoms with Crippen molar-refractivity contribution in [3.8, 4) is 5.88 Å². The molecular formula is C18H24F3N3O5. The van der Waals surface area contributed by atoms with E-state index in [4.69, 9.17) is 19.4 Å². The van der Waals surface area contributed by atoms with Crippen molar-refractivity contribution in [3.05, 3.63) is 24.4 Å². The van der Waals surface area contributed by atoms with Gasteiger partial charge in [0.15, 0.2) is 0 Å². The second kappa shape index (κ2) is 9.40. The Kier molecular flexibility index (Phi) is 7.42. The first-order valence-electron chi connectivity index (χ1n) is 8.94. The van der Waals surface area contributed by atoms with Crippen LogP contribution < -0.4 is 4.74 Å². The second-order valence-corrected chi connectivity index (χ2v) is 7.17. The molecule has 1 N–H and O–H groups in total. The zero-order chi connectivity index (χ0) is 21.7. The number of halogens is 3. The van der Waals surface area contributed by atoms with Crippen molar-refractivity contribution >= 4 is 11.9 Å². The Hall–Kier alpha value is -2.40. The average Bonchev–Trinajstić information content (AvgIpc) is 3.02. The number of nitrogens with zero attached hydrogens (tertiary/aromatic N) is 3. The van der Waals surface area contributed by atoms with Crippen LogP contribution in [-0.4, -0.2) is 90.5 Å². The zero-order valence-corrected chi connectivity index (χ0v) is 16.2. The number of likely N-dealkylation sites (N-methyl/N-ethyl adjacent to an activating group) is 1. The number of aliphatic carboxylic acids is 1. The zero-order valence-electron chi connectivity index (χ0n) is 16.2. The van der Waals surface area contributed by atoms with Crippen LogP contribution >= 0.6 is 0 Å². The van der Waals surface area contributed by atoms with Crippen molar-refractivity contribution in [2.75, 3.05) is 46.9 Å². The van der Waals surface area contributed by atoms with Crippen LogP contribution in [0.3, 0.4) is 0 Å². The van der Waals surface area contributed by atoms with Crippen molar-refractivity contribution in [2.24, 2.45) is 5.92 Å². The third-order valence-corrected chi connectivity index (χ3v) is 4.63. The molecule has 11 heteroatoms. The SMILES string of the molecule is CN(C)CC(=O)N1CC2(C1)OCCC2COc1ccccn1.O=C(O)C(F)(F)F. The molecule has 2 saturated heterocycles. The average molecular weight is 419 g/mol. The van der Waals surface area contributed by atoms with Crippen LogP contribution in [0, 0.1) is 5.92 Å². The number of pyridine rings is 1. The molecule has 162 valence electrons. The van der Waals surface area contributed by atoms with E-state index >= 15 is 0 Å². The Bertz CT molecular complexity index is 694. The summed E-state index contributed by atoms with van der Waals surface area (Å²) in [5, 5.41) is 7.12. The van der Waals surface area contributed by atoms with E-state index in [1.165, 1.54) is 0 Å². The summed E-state index contributed by atoms with van der Waals surface area (Å²) in [4.78, 5) is 28.9. The lowest BCUT2D eigenvalue weighted by Gasteiger charge is -2.50. The Balaban J connectivity index is 0.000000370. The quantitative estimate of drug-likeness (QED) is 0.769. The number of carbonyl (C=O) groups excluding carboxylic acids is 1. The highest BCUT2D eigenvalue weighted by molar-refractivity contribution is 5.79. The lowest BCUT2D eigenvalue weighted by Crippen LogP contribution is -2.67. The van der Waals surface area contributed by atoms with E-state index in [2.05, 4.69) is 4.98 Å². The summed E-state index contributed by atoms with van der Waals surface area (Å²) in [7, 11) is 3.81. The van der Waals surface area contributed by atoms with Gasteiger partial charge < -0.3 is 24.4 Å². The maximum Gasteiger partial charge on any atom is 0.490 e. The van der Waals surface area contributed by atoms with Crippen LogP contribution in [0.4, 0.5) is 13.2 Å². The van der Waals surface area contributed by atoms with Gasteiger partial charge in [0.25, 0.3) is 0 Å². The number of carbonyl (C=O) groups is 2. The first-order chi connectivity index (χ1) is 13.5. The van der Waals surface area contributed by atoms with Crippen molar-refractivity contribution in [1.82, 2.24) is 14.8 Å². The van der Waals surface area contributed by atoms with Gasteiger partial charge in [0.05, 0.1) is 26.2 Å². The molecule has 2 aliphatic heterocycles. The van der Waals surface area contributed by atoms with Crippen molar-refractivity contribution in [1.29, 1.82) is 0 Å². The molecule has 1 aromatic heterocycles. The lowest BCUT2D eigenvalue weighted by atomic mass is 9.81. The number of carboxylic acids is 1. The summed E-state index contributed by atoms with van der Waals surface area (Å²) >= 11 is 0. The lowest BCUT2D eigenvalue weighted by molar-refractivity contribution is -0.192. The van der Waals surface area contributed by atoms with E-state index in [-0.39, 0.29) is 11.5 Å². The molecule has 0 aliphatic carbocycles. The van der Waals surface area contributed by atoms with Crippen LogP contribution in [0.1, 0.15) is 6.42 Å². The smallest absolute Gasteiger partial charge is 0.477 e. The molecule has 1 unspecified atom stereocenters. The molecule has 1 atom stereocenters. The first-order valence-corrected chi connectivity index (χ1v) is 8.94. The molecule has 3 rings (SSSR count). The standard InChI is InChI=1S/C16H23N3O3.C2HF3O2/c1-18(2)9-15(20)19-11-16(12-19)13(6-8-22-16)10-21-14-5-3-4-7-17-14;3-2(4,5)1(6)7/h3-5,7,13H,6,8-12H2,1-2H3;(H,6,7). The molecule has 0 bridgehead atoms. The molecule has 0 saturated carbocycles. The summed E-state index contributed by atoms with van der Waals surface area (Å²) in [6, 6.07) is 5.64. The molecule has 0 radical (unpaired) electrons. The van der Waals surface area contributed by atoms with Gasteiger partial charge in [-0.3, -0.25) is 4.79 Å². The molecular weight excluding hydrogens is 395 g/mol. The number of alkyl halides is 3. The van der Waals surface area contributed by atoms with Gasteiger partial charge in [-0.2, -0.15) is 13.2 Å². The number of carboxylic acid groups (broad SMARTS) is 1. The molecule has 3 heterocycles. The fourth-order valence-corrected chi connectivity index (χ4v) is 3.14. The van der Waals surface area contributed by atoms with Crippen LogP contribution in [0.25, 0.3) is 0 Å². The highest BCUT2D eigenvalue weighted by atomic mass is 19.4. The second-order valence-electron chi connectivity index (χ2n) is 7.17. The highest BCUT2D eigenvalue weighted by Crippen LogP contribution is 2.40. The Morgan fingerprint density at radius 2 is 2.03 bits per heavy atom. The van der Waals surface area contributed by atoms with E-state index in [0.29, 0.717) is 38.0 Å². The number of rotatable bonds is 5.